The molecule has 1 rings (SSSR count). The Hall–Kier alpha value is -0.610. The van der Waals surface area contributed by atoms with Gasteiger partial charge in [0.25, 0.3) is 0 Å². The maximum atomic E-state index is 11.1. The first kappa shape index (κ1) is 15.4. The van der Waals surface area contributed by atoms with E-state index >= 15 is 0 Å². The molecule has 106 valence electrons. The van der Waals surface area contributed by atoms with E-state index in [0.29, 0.717) is 12.5 Å². The van der Waals surface area contributed by atoms with Gasteiger partial charge >= 0.3 is 5.97 Å². The highest BCUT2D eigenvalue weighted by molar-refractivity contribution is 5.73. The zero-order chi connectivity index (χ0) is 13.4. The van der Waals surface area contributed by atoms with Gasteiger partial charge in [0.1, 0.15) is 6.04 Å². The standard InChI is InChI=1S/C14H28N2O2/c1-3-9-15-13(14(17)18)8-11-16-10-6-4-5-7-12(16)2/h12-13,15H,3-11H2,1-2H3,(H,17,18). The fraction of sp³-hybridized carbons (Fsp3) is 0.929. The lowest BCUT2D eigenvalue weighted by atomic mass is 10.1. The molecule has 0 aromatic rings. The van der Waals surface area contributed by atoms with Gasteiger partial charge in [0, 0.05) is 12.6 Å². The van der Waals surface area contributed by atoms with Crippen molar-refractivity contribution in [2.24, 2.45) is 0 Å². The third-order valence-corrected chi connectivity index (χ3v) is 3.83. The van der Waals surface area contributed by atoms with Gasteiger partial charge < -0.3 is 15.3 Å². The minimum absolute atomic E-state index is 0.389. The molecule has 2 atom stereocenters. The summed E-state index contributed by atoms with van der Waals surface area (Å²) < 4.78 is 0. The molecule has 2 unspecified atom stereocenters. The first-order valence-corrected chi connectivity index (χ1v) is 7.35. The SMILES string of the molecule is CCCNC(CCN1CCCCCC1C)C(=O)O. The highest BCUT2D eigenvalue weighted by Gasteiger charge is 2.21. The number of carbonyl (C=O) groups is 1. The van der Waals surface area contributed by atoms with E-state index in [-0.39, 0.29) is 6.04 Å². The van der Waals surface area contributed by atoms with Crippen LogP contribution in [0.1, 0.15) is 52.4 Å². The molecule has 1 heterocycles. The molecular weight excluding hydrogens is 228 g/mol. The Balaban J connectivity index is 2.37. The summed E-state index contributed by atoms with van der Waals surface area (Å²) in [4.78, 5) is 13.6. The lowest BCUT2D eigenvalue weighted by molar-refractivity contribution is -0.139. The van der Waals surface area contributed by atoms with Crippen LogP contribution in [0.5, 0.6) is 0 Å². The van der Waals surface area contributed by atoms with Gasteiger partial charge in [-0.2, -0.15) is 0 Å². The fourth-order valence-electron chi connectivity index (χ4n) is 2.59. The van der Waals surface area contributed by atoms with Gasteiger partial charge in [-0.25, -0.2) is 0 Å². The summed E-state index contributed by atoms with van der Waals surface area (Å²) in [6.07, 6.45) is 6.82. The van der Waals surface area contributed by atoms with Crippen molar-refractivity contribution in [3.63, 3.8) is 0 Å². The van der Waals surface area contributed by atoms with Gasteiger partial charge in [-0.05, 0) is 45.7 Å². The zero-order valence-electron chi connectivity index (χ0n) is 11.8. The first-order chi connectivity index (χ1) is 8.65. The van der Waals surface area contributed by atoms with E-state index in [0.717, 1.165) is 26.1 Å². The number of likely N-dealkylation sites (tertiary alicyclic amines) is 1. The summed E-state index contributed by atoms with van der Waals surface area (Å²) in [7, 11) is 0. The van der Waals surface area contributed by atoms with E-state index in [1.54, 1.807) is 0 Å². The average molecular weight is 256 g/mol. The second-order valence-electron chi connectivity index (χ2n) is 5.37. The summed E-state index contributed by atoms with van der Waals surface area (Å²) in [5.74, 6) is -0.717. The molecule has 1 saturated heterocycles. The van der Waals surface area contributed by atoms with Crippen LogP contribution in [0.15, 0.2) is 0 Å². The molecule has 4 heteroatoms. The molecule has 1 aliphatic rings. The van der Waals surface area contributed by atoms with Crippen molar-refractivity contribution >= 4 is 5.97 Å². The molecule has 0 spiro atoms. The second kappa shape index (κ2) is 8.48. The lowest BCUT2D eigenvalue weighted by Crippen LogP contribution is -2.42. The van der Waals surface area contributed by atoms with Crippen molar-refractivity contribution in [1.29, 1.82) is 0 Å². The molecule has 0 aliphatic carbocycles. The van der Waals surface area contributed by atoms with Gasteiger partial charge in [0.15, 0.2) is 0 Å². The molecule has 2 N–H and O–H groups in total. The predicted molar refractivity (Wildman–Crippen MR) is 73.8 cm³/mol. The minimum atomic E-state index is -0.717. The van der Waals surface area contributed by atoms with Gasteiger partial charge in [-0.3, -0.25) is 4.79 Å². The van der Waals surface area contributed by atoms with Crippen molar-refractivity contribution < 1.29 is 9.90 Å². The smallest absolute Gasteiger partial charge is 0.320 e. The Morgan fingerprint density at radius 3 is 2.89 bits per heavy atom. The maximum absolute atomic E-state index is 11.1. The van der Waals surface area contributed by atoms with Crippen LogP contribution in [-0.4, -0.2) is 47.7 Å². The van der Waals surface area contributed by atoms with E-state index in [2.05, 4.69) is 24.1 Å². The number of aliphatic carboxylic acids is 1. The van der Waals surface area contributed by atoms with Gasteiger partial charge in [-0.1, -0.05) is 19.8 Å². The number of nitrogens with one attached hydrogen (secondary N) is 1. The number of carboxylic acids is 1. The predicted octanol–water partition coefficient (Wildman–Crippen LogP) is 2.09. The van der Waals surface area contributed by atoms with Crippen LogP contribution < -0.4 is 5.32 Å². The fourth-order valence-corrected chi connectivity index (χ4v) is 2.59. The van der Waals surface area contributed by atoms with E-state index in [1.165, 1.54) is 25.7 Å². The van der Waals surface area contributed by atoms with Crippen LogP contribution in [0.2, 0.25) is 0 Å². The Bertz CT molecular complexity index is 246. The van der Waals surface area contributed by atoms with Crippen LogP contribution >= 0.6 is 0 Å². The Labute approximate surface area is 111 Å². The molecule has 0 amide bonds. The van der Waals surface area contributed by atoms with E-state index in [9.17, 15) is 4.79 Å². The van der Waals surface area contributed by atoms with Gasteiger partial charge in [0.2, 0.25) is 0 Å². The van der Waals surface area contributed by atoms with Crippen LogP contribution in [0.3, 0.4) is 0 Å². The number of hydrogen-bond donors (Lipinski definition) is 2. The van der Waals surface area contributed by atoms with Crippen LogP contribution in [-0.2, 0) is 4.79 Å². The monoisotopic (exact) mass is 256 g/mol. The lowest BCUT2D eigenvalue weighted by Gasteiger charge is -2.28. The molecule has 0 aromatic carbocycles. The molecular formula is C14H28N2O2. The van der Waals surface area contributed by atoms with Crippen molar-refractivity contribution in [2.45, 2.75) is 64.5 Å². The van der Waals surface area contributed by atoms with Gasteiger partial charge in [0.05, 0.1) is 0 Å². The van der Waals surface area contributed by atoms with Crippen molar-refractivity contribution in [3.8, 4) is 0 Å². The highest BCUT2D eigenvalue weighted by Crippen LogP contribution is 2.16. The molecule has 4 nitrogen and oxygen atoms in total. The Kier molecular flexibility index (Phi) is 7.28. The molecule has 1 aliphatic heterocycles. The molecule has 0 radical (unpaired) electrons. The highest BCUT2D eigenvalue weighted by atomic mass is 16.4. The van der Waals surface area contributed by atoms with Gasteiger partial charge in [-0.15, -0.1) is 0 Å². The summed E-state index contributed by atoms with van der Waals surface area (Å²) >= 11 is 0. The summed E-state index contributed by atoms with van der Waals surface area (Å²) in [6, 6.07) is 0.216. The first-order valence-electron chi connectivity index (χ1n) is 7.35. The van der Waals surface area contributed by atoms with Crippen molar-refractivity contribution in [1.82, 2.24) is 10.2 Å². The van der Waals surface area contributed by atoms with Crippen LogP contribution in [0.4, 0.5) is 0 Å². The van der Waals surface area contributed by atoms with Crippen LogP contribution in [0.25, 0.3) is 0 Å². The minimum Gasteiger partial charge on any atom is -0.480 e. The average Bonchev–Trinajstić information content (AvgIpc) is 2.54. The van der Waals surface area contributed by atoms with Crippen molar-refractivity contribution in [3.05, 3.63) is 0 Å². The van der Waals surface area contributed by atoms with E-state index < -0.39 is 5.97 Å². The third-order valence-electron chi connectivity index (χ3n) is 3.83. The maximum Gasteiger partial charge on any atom is 0.320 e. The molecule has 0 bridgehead atoms. The number of rotatable bonds is 7. The Morgan fingerprint density at radius 2 is 2.22 bits per heavy atom. The number of hydrogen-bond acceptors (Lipinski definition) is 3. The normalized spacial score (nSPS) is 23.6. The third kappa shape index (κ3) is 5.36. The van der Waals surface area contributed by atoms with Crippen molar-refractivity contribution in [2.75, 3.05) is 19.6 Å². The topological polar surface area (TPSA) is 52.6 Å². The zero-order valence-corrected chi connectivity index (χ0v) is 11.8. The summed E-state index contributed by atoms with van der Waals surface area (Å²) in [6.45, 7) is 7.13. The molecule has 1 fully saturated rings. The second-order valence-corrected chi connectivity index (χ2v) is 5.37. The van der Waals surface area contributed by atoms with Crippen LogP contribution in [0, 0.1) is 0 Å². The molecule has 0 aromatic heterocycles. The summed E-state index contributed by atoms with van der Waals surface area (Å²) in [5.41, 5.74) is 0. The number of nitrogens with zero attached hydrogens (tertiary/aromatic N) is 1. The van der Waals surface area contributed by atoms with E-state index in [1.807, 2.05) is 0 Å². The Morgan fingerprint density at radius 1 is 1.44 bits per heavy atom. The number of carboxylic acid groups (broad SMARTS) is 1. The summed E-state index contributed by atoms with van der Waals surface area (Å²) in [5, 5.41) is 12.3. The molecule has 0 saturated carbocycles. The molecule has 18 heavy (non-hydrogen) atoms. The largest absolute Gasteiger partial charge is 0.480 e. The van der Waals surface area contributed by atoms with E-state index in [4.69, 9.17) is 5.11 Å². The quantitative estimate of drug-likeness (QED) is 0.732.